The minimum atomic E-state index is -0.535. The van der Waals surface area contributed by atoms with Gasteiger partial charge in [0.05, 0.1) is 21.8 Å². The molecule has 0 aliphatic heterocycles. The van der Waals surface area contributed by atoms with E-state index in [1.807, 2.05) is 43.3 Å². The van der Waals surface area contributed by atoms with Crippen LogP contribution >= 0.6 is 11.6 Å². The highest BCUT2D eigenvalue weighted by Gasteiger charge is 2.25. The Morgan fingerprint density at radius 2 is 1.61 bits per heavy atom. The van der Waals surface area contributed by atoms with Crippen molar-refractivity contribution in [2.75, 3.05) is 24.3 Å². The second-order valence-electron chi connectivity index (χ2n) is 9.47. The lowest BCUT2D eigenvalue weighted by molar-refractivity contribution is -0.132. The molecule has 0 saturated carbocycles. The van der Waals surface area contributed by atoms with Crippen molar-refractivity contribution < 1.29 is 18.7 Å². The molecule has 5 aromatic rings. The van der Waals surface area contributed by atoms with Crippen LogP contribution in [0.2, 0.25) is 5.02 Å². The Morgan fingerprint density at radius 3 is 2.27 bits per heavy atom. The van der Waals surface area contributed by atoms with Gasteiger partial charge in [-0.05, 0) is 66.2 Å². The smallest absolute Gasteiger partial charge is 0.309 e. The standard InChI is InChI=1S/C32H26ClFN4O3/c1-20(39)41-32-29(21-11-15-24(16-12-21)35-31(40)27-9-4-5-10-28(27)33)30(22-7-6-8-26(19-22)37(2)3)36-38(32)25-17-13-23(34)14-18-25/h4-19H,1-3H3,(H,35,40). The molecule has 0 fully saturated rings. The molecule has 0 unspecified atom stereocenters. The lowest BCUT2D eigenvalue weighted by atomic mass is 10.0. The van der Waals surface area contributed by atoms with E-state index in [0.29, 0.717) is 38.8 Å². The number of nitrogens with zero attached hydrogens (tertiary/aromatic N) is 3. The van der Waals surface area contributed by atoms with Crippen LogP contribution in [0.25, 0.3) is 28.1 Å². The van der Waals surface area contributed by atoms with Crippen LogP contribution in [0.15, 0.2) is 97.1 Å². The summed E-state index contributed by atoms with van der Waals surface area (Å²) in [6.45, 7) is 1.31. The molecule has 0 spiro atoms. The number of carbonyl (C=O) groups excluding carboxylic acids is 2. The van der Waals surface area contributed by atoms with Crippen molar-refractivity contribution in [1.82, 2.24) is 9.78 Å². The summed E-state index contributed by atoms with van der Waals surface area (Å²) in [6, 6.07) is 27.5. The van der Waals surface area contributed by atoms with Crippen LogP contribution in [-0.2, 0) is 4.79 Å². The topological polar surface area (TPSA) is 76.5 Å². The predicted molar refractivity (Wildman–Crippen MR) is 159 cm³/mol. The Kier molecular flexibility index (Phi) is 7.85. The average Bonchev–Trinajstić information content (AvgIpc) is 3.32. The van der Waals surface area contributed by atoms with Crippen molar-refractivity contribution in [2.45, 2.75) is 6.92 Å². The van der Waals surface area contributed by atoms with Gasteiger partial charge in [0, 0.05) is 38.0 Å². The zero-order valence-electron chi connectivity index (χ0n) is 22.6. The van der Waals surface area contributed by atoms with Crippen molar-refractivity contribution in [3.63, 3.8) is 0 Å². The van der Waals surface area contributed by atoms with E-state index in [2.05, 4.69) is 5.32 Å². The Bertz CT molecular complexity index is 1730. The van der Waals surface area contributed by atoms with E-state index in [9.17, 15) is 14.0 Å². The minimum Gasteiger partial charge on any atom is -0.407 e. The van der Waals surface area contributed by atoms with Crippen LogP contribution in [0.3, 0.4) is 0 Å². The van der Waals surface area contributed by atoms with E-state index >= 15 is 0 Å². The van der Waals surface area contributed by atoms with Gasteiger partial charge in [0.2, 0.25) is 5.88 Å². The molecule has 1 amide bonds. The van der Waals surface area contributed by atoms with E-state index in [1.54, 1.807) is 60.7 Å². The van der Waals surface area contributed by atoms with Crippen LogP contribution in [0.5, 0.6) is 5.88 Å². The van der Waals surface area contributed by atoms with Gasteiger partial charge in [-0.1, -0.05) is 48.0 Å². The zero-order chi connectivity index (χ0) is 29.1. The number of hydrogen-bond donors (Lipinski definition) is 1. The van der Waals surface area contributed by atoms with Crippen molar-refractivity contribution in [3.8, 4) is 34.0 Å². The second-order valence-corrected chi connectivity index (χ2v) is 9.87. The predicted octanol–water partition coefficient (Wildman–Crippen LogP) is 7.24. The number of ether oxygens (including phenoxy) is 1. The maximum absolute atomic E-state index is 13.7. The fraction of sp³-hybridized carbons (Fsp3) is 0.0938. The first-order valence-electron chi connectivity index (χ1n) is 12.7. The first-order valence-corrected chi connectivity index (χ1v) is 13.1. The number of benzene rings is 4. The molecule has 1 aromatic heterocycles. The molecule has 1 N–H and O–H groups in total. The average molecular weight is 569 g/mol. The highest BCUT2D eigenvalue weighted by atomic mass is 35.5. The lowest BCUT2D eigenvalue weighted by Crippen LogP contribution is -2.12. The highest BCUT2D eigenvalue weighted by Crippen LogP contribution is 2.42. The number of halogens is 2. The summed E-state index contributed by atoms with van der Waals surface area (Å²) in [5.41, 5.74) is 4.98. The summed E-state index contributed by atoms with van der Waals surface area (Å²) in [5.74, 6) is -1.09. The number of nitrogens with one attached hydrogen (secondary N) is 1. The SMILES string of the molecule is CC(=O)Oc1c(-c2ccc(NC(=O)c3ccccc3Cl)cc2)c(-c2cccc(N(C)C)c2)nn1-c1ccc(F)cc1. The van der Waals surface area contributed by atoms with E-state index in [1.165, 1.54) is 23.7 Å². The second kappa shape index (κ2) is 11.7. The Hall–Kier alpha value is -4.95. The fourth-order valence-corrected chi connectivity index (χ4v) is 4.57. The number of rotatable bonds is 7. The summed E-state index contributed by atoms with van der Waals surface area (Å²) in [4.78, 5) is 27.0. The molecular formula is C32H26ClFN4O3. The van der Waals surface area contributed by atoms with E-state index < -0.39 is 11.8 Å². The molecule has 206 valence electrons. The van der Waals surface area contributed by atoms with Crippen LogP contribution in [-0.4, -0.2) is 35.8 Å². The third kappa shape index (κ3) is 5.97. The molecule has 4 aromatic carbocycles. The van der Waals surface area contributed by atoms with Gasteiger partial charge >= 0.3 is 5.97 Å². The van der Waals surface area contributed by atoms with Gasteiger partial charge in [-0.15, -0.1) is 0 Å². The fourth-order valence-electron chi connectivity index (χ4n) is 4.35. The van der Waals surface area contributed by atoms with Gasteiger partial charge in [0.25, 0.3) is 5.91 Å². The van der Waals surface area contributed by atoms with Crippen LogP contribution in [0, 0.1) is 5.82 Å². The first kappa shape index (κ1) is 27.6. The number of aromatic nitrogens is 2. The van der Waals surface area contributed by atoms with Gasteiger partial charge < -0.3 is 15.0 Å². The number of hydrogen-bond acceptors (Lipinski definition) is 5. The number of carbonyl (C=O) groups is 2. The summed E-state index contributed by atoms with van der Waals surface area (Å²) < 4.78 is 21.0. The maximum Gasteiger partial charge on any atom is 0.309 e. The van der Waals surface area contributed by atoms with Gasteiger partial charge in [-0.3, -0.25) is 9.59 Å². The van der Waals surface area contributed by atoms with Crippen LogP contribution in [0.1, 0.15) is 17.3 Å². The third-order valence-electron chi connectivity index (χ3n) is 6.34. The van der Waals surface area contributed by atoms with Crippen molar-refractivity contribution in [3.05, 3.63) is 113 Å². The normalized spacial score (nSPS) is 10.8. The summed E-state index contributed by atoms with van der Waals surface area (Å²) >= 11 is 6.18. The molecule has 0 bridgehead atoms. The summed E-state index contributed by atoms with van der Waals surface area (Å²) in [5, 5.41) is 8.05. The Labute approximate surface area is 241 Å². The molecule has 0 aliphatic carbocycles. The van der Waals surface area contributed by atoms with Gasteiger partial charge in [0.1, 0.15) is 11.5 Å². The molecule has 5 rings (SSSR count). The molecule has 0 radical (unpaired) electrons. The Morgan fingerprint density at radius 1 is 0.902 bits per heavy atom. The molecule has 7 nitrogen and oxygen atoms in total. The maximum atomic E-state index is 13.7. The summed E-state index contributed by atoms with van der Waals surface area (Å²) in [7, 11) is 3.88. The molecule has 1 heterocycles. The number of esters is 1. The van der Waals surface area contributed by atoms with Crippen LogP contribution in [0.4, 0.5) is 15.8 Å². The monoisotopic (exact) mass is 568 g/mol. The molecular weight excluding hydrogens is 543 g/mol. The number of amides is 1. The van der Waals surface area contributed by atoms with Crippen molar-refractivity contribution >= 4 is 34.9 Å². The van der Waals surface area contributed by atoms with Gasteiger partial charge in [-0.25, -0.2) is 4.39 Å². The molecule has 0 saturated heterocycles. The zero-order valence-corrected chi connectivity index (χ0v) is 23.3. The van der Waals surface area contributed by atoms with E-state index in [-0.39, 0.29) is 11.8 Å². The van der Waals surface area contributed by atoms with Gasteiger partial charge in [0.15, 0.2) is 0 Å². The van der Waals surface area contributed by atoms with Crippen LogP contribution < -0.4 is 15.0 Å². The molecule has 0 atom stereocenters. The molecule has 9 heteroatoms. The van der Waals surface area contributed by atoms with Crippen molar-refractivity contribution in [1.29, 1.82) is 0 Å². The Balaban J connectivity index is 1.63. The largest absolute Gasteiger partial charge is 0.407 e. The van der Waals surface area contributed by atoms with Gasteiger partial charge in [-0.2, -0.15) is 9.78 Å². The molecule has 41 heavy (non-hydrogen) atoms. The van der Waals surface area contributed by atoms with Crippen molar-refractivity contribution in [2.24, 2.45) is 0 Å². The highest BCUT2D eigenvalue weighted by molar-refractivity contribution is 6.34. The van der Waals surface area contributed by atoms with E-state index in [4.69, 9.17) is 21.4 Å². The third-order valence-corrected chi connectivity index (χ3v) is 6.67. The lowest BCUT2D eigenvalue weighted by Gasteiger charge is -2.14. The first-order chi connectivity index (χ1) is 19.7. The molecule has 0 aliphatic rings. The number of anilines is 2. The minimum absolute atomic E-state index is 0.183. The quantitative estimate of drug-likeness (QED) is 0.209. The van der Waals surface area contributed by atoms with E-state index in [0.717, 1.165) is 11.3 Å². The summed E-state index contributed by atoms with van der Waals surface area (Å²) in [6.07, 6.45) is 0.